The first-order valence-electron chi connectivity index (χ1n) is 5.87. The fraction of sp³-hybridized carbons (Fsp3) is 0. The molecule has 0 fully saturated rings. The van der Waals surface area contributed by atoms with Gasteiger partial charge in [-0.3, -0.25) is 0 Å². The minimum absolute atomic E-state index is 0.893. The second kappa shape index (κ2) is 5.54. The van der Waals surface area contributed by atoms with E-state index in [0.29, 0.717) is 0 Å². The molecular formula is C15H11N3S. The van der Waals surface area contributed by atoms with Crippen LogP contribution in [0.2, 0.25) is 0 Å². The number of aromatic nitrogens is 3. The first-order valence-corrected chi connectivity index (χ1v) is 6.69. The summed E-state index contributed by atoms with van der Waals surface area (Å²) in [7, 11) is 0. The molecule has 3 aromatic rings. The molecule has 0 saturated carbocycles. The van der Waals surface area contributed by atoms with E-state index in [1.807, 2.05) is 42.6 Å². The lowest BCUT2D eigenvalue weighted by atomic mass is 10.2. The molecule has 0 radical (unpaired) electrons. The van der Waals surface area contributed by atoms with Crippen molar-refractivity contribution in [3.05, 3.63) is 65.7 Å². The third-order valence-corrected chi connectivity index (χ3v) is 3.58. The molecule has 0 bridgehead atoms. The first kappa shape index (κ1) is 11.7. The molecule has 2 heterocycles. The summed E-state index contributed by atoms with van der Waals surface area (Å²) in [6.07, 6.45) is 9.14. The maximum atomic E-state index is 4.43. The van der Waals surface area contributed by atoms with Gasteiger partial charge in [0.15, 0.2) is 0 Å². The normalized spacial score (nSPS) is 10.9. The quantitative estimate of drug-likeness (QED) is 0.723. The number of hydrogen-bond donors (Lipinski definition) is 0. The molecule has 0 saturated heterocycles. The molecule has 3 rings (SSSR count). The third kappa shape index (κ3) is 2.92. The molecule has 0 amide bonds. The van der Waals surface area contributed by atoms with Gasteiger partial charge in [-0.15, -0.1) is 11.3 Å². The molecule has 0 aliphatic carbocycles. The fourth-order valence-electron chi connectivity index (χ4n) is 1.64. The Bertz CT molecular complexity index is 675. The van der Waals surface area contributed by atoms with Gasteiger partial charge in [0, 0.05) is 22.8 Å². The molecule has 3 nitrogen and oxygen atoms in total. The van der Waals surface area contributed by atoms with E-state index < -0.39 is 0 Å². The molecule has 0 unspecified atom stereocenters. The predicted molar refractivity (Wildman–Crippen MR) is 78.5 cm³/mol. The molecule has 0 aliphatic rings. The van der Waals surface area contributed by atoms with E-state index in [4.69, 9.17) is 0 Å². The Morgan fingerprint density at radius 2 is 1.84 bits per heavy atom. The smallest absolute Gasteiger partial charge is 0.123 e. The van der Waals surface area contributed by atoms with Crippen LogP contribution in [0.15, 0.2) is 55.1 Å². The van der Waals surface area contributed by atoms with E-state index in [0.717, 1.165) is 21.1 Å². The lowest BCUT2D eigenvalue weighted by molar-refractivity contribution is 1.15. The van der Waals surface area contributed by atoms with E-state index in [9.17, 15) is 0 Å². The highest BCUT2D eigenvalue weighted by Crippen LogP contribution is 2.25. The Balaban J connectivity index is 1.81. The van der Waals surface area contributed by atoms with Crippen LogP contribution in [0.5, 0.6) is 0 Å². The van der Waals surface area contributed by atoms with Crippen molar-refractivity contribution in [1.82, 2.24) is 15.0 Å². The highest BCUT2D eigenvalue weighted by Gasteiger charge is 2.01. The molecule has 4 heteroatoms. The minimum Gasteiger partial charge on any atom is -0.245 e. The summed E-state index contributed by atoms with van der Waals surface area (Å²) in [4.78, 5) is 13.6. The molecule has 0 spiro atoms. The summed E-state index contributed by atoms with van der Waals surface area (Å²) in [5.74, 6) is 0. The van der Waals surface area contributed by atoms with Gasteiger partial charge in [-0.1, -0.05) is 30.3 Å². The van der Waals surface area contributed by atoms with Gasteiger partial charge in [0.1, 0.15) is 11.3 Å². The molecule has 19 heavy (non-hydrogen) atoms. The summed E-state index contributed by atoms with van der Waals surface area (Å²) in [6.45, 7) is 0. The van der Waals surface area contributed by atoms with Crippen LogP contribution in [0.3, 0.4) is 0 Å². The molecule has 0 N–H and O–H groups in total. The lowest BCUT2D eigenvalue weighted by Crippen LogP contribution is -1.79. The van der Waals surface area contributed by atoms with Crippen LogP contribution in [0.1, 0.15) is 10.6 Å². The average Bonchev–Trinajstić information content (AvgIpc) is 2.96. The van der Waals surface area contributed by atoms with Crippen LogP contribution in [0.25, 0.3) is 22.7 Å². The first-order chi connectivity index (χ1) is 9.42. The summed E-state index contributed by atoms with van der Waals surface area (Å²) in [5, 5.41) is 1.03. The van der Waals surface area contributed by atoms with Crippen molar-refractivity contribution in [2.45, 2.75) is 0 Å². The maximum Gasteiger partial charge on any atom is 0.123 e. The van der Waals surface area contributed by atoms with Gasteiger partial charge >= 0.3 is 0 Å². The van der Waals surface area contributed by atoms with E-state index in [2.05, 4.69) is 27.1 Å². The van der Waals surface area contributed by atoms with Crippen LogP contribution in [-0.4, -0.2) is 15.0 Å². The molecule has 0 aliphatic heterocycles. The summed E-state index contributed by atoms with van der Waals surface area (Å²) in [6, 6.07) is 12.1. The van der Waals surface area contributed by atoms with Gasteiger partial charge in [0.05, 0.1) is 5.69 Å². The predicted octanol–water partition coefficient (Wildman–Crippen LogP) is 3.77. The third-order valence-electron chi connectivity index (χ3n) is 2.57. The summed E-state index contributed by atoms with van der Waals surface area (Å²) < 4.78 is 0. The lowest BCUT2D eigenvalue weighted by Gasteiger charge is -1.92. The monoisotopic (exact) mass is 265 g/mol. The molecule has 0 atom stereocenters. The van der Waals surface area contributed by atoms with Crippen molar-refractivity contribution >= 4 is 23.5 Å². The summed E-state index contributed by atoms with van der Waals surface area (Å²) >= 11 is 1.66. The van der Waals surface area contributed by atoms with Gasteiger partial charge in [0.2, 0.25) is 0 Å². The average molecular weight is 265 g/mol. The van der Waals surface area contributed by atoms with Crippen molar-refractivity contribution in [3.8, 4) is 10.6 Å². The van der Waals surface area contributed by atoms with Gasteiger partial charge in [-0.25, -0.2) is 15.0 Å². The minimum atomic E-state index is 0.893. The zero-order valence-electron chi connectivity index (χ0n) is 10.1. The molecule has 2 aromatic heterocycles. The number of rotatable bonds is 3. The Kier molecular flexibility index (Phi) is 3.42. The fourth-order valence-corrected chi connectivity index (χ4v) is 2.47. The van der Waals surface area contributed by atoms with Gasteiger partial charge < -0.3 is 0 Å². The number of thiazole rings is 1. The Labute approximate surface area is 115 Å². The zero-order chi connectivity index (χ0) is 12.9. The van der Waals surface area contributed by atoms with Crippen molar-refractivity contribution in [2.24, 2.45) is 0 Å². The van der Waals surface area contributed by atoms with Crippen LogP contribution in [0.4, 0.5) is 0 Å². The summed E-state index contributed by atoms with van der Waals surface area (Å²) in [5.41, 5.74) is 2.04. The van der Waals surface area contributed by atoms with E-state index in [-0.39, 0.29) is 0 Å². The van der Waals surface area contributed by atoms with E-state index in [1.165, 1.54) is 0 Å². The second-order valence-electron chi connectivity index (χ2n) is 3.90. The van der Waals surface area contributed by atoms with Gasteiger partial charge in [0.25, 0.3) is 0 Å². The van der Waals surface area contributed by atoms with Crippen molar-refractivity contribution in [2.75, 3.05) is 0 Å². The Morgan fingerprint density at radius 1 is 0.947 bits per heavy atom. The van der Waals surface area contributed by atoms with Crippen molar-refractivity contribution in [3.63, 3.8) is 0 Å². The number of hydrogen-bond acceptors (Lipinski definition) is 4. The highest BCUT2D eigenvalue weighted by molar-refractivity contribution is 7.15. The Hall–Kier alpha value is -2.33. The molecular weight excluding hydrogens is 254 g/mol. The molecule has 92 valence electrons. The number of benzene rings is 1. The standard InChI is InChI=1S/C15H11N3S/c1-2-4-12(5-3-1)15-17-10-14(19-15)7-6-13-8-9-16-11-18-13/h1-11H/b7-6+. The van der Waals surface area contributed by atoms with Crippen LogP contribution in [-0.2, 0) is 0 Å². The van der Waals surface area contributed by atoms with E-state index >= 15 is 0 Å². The van der Waals surface area contributed by atoms with Crippen LogP contribution in [0, 0.1) is 0 Å². The topological polar surface area (TPSA) is 38.7 Å². The van der Waals surface area contributed by atoms with Gasteiger partial charge in [-0.05, 0) is 18.2 Å². The van der Waals surface area contributed by atoms with Crippen molar-refractivity contribution in [1.29, 1.82) is 0 Å². The maximum absolute atomic E-state index is 4.43. The SMILES string of the molecule is C(=C\c1cnc(-c2ccccc2)s1)/c1ccncn1. The largest absolute Gasteiger partial charge is 0.245 e. The second-order valence-corrected chi connectivity index (χ2v) is 4.96. The Morgan fingerprint density at radius 3 is 2.63 bits per heavy atom. The molecule has 1 aromatic carbocycles. The van der Waals surface area contributed by atoms with Crippen LogP contribution >= 0.6 is 11.3 Å². The van der Waals surface area contributed by atoms with Gasteiger partial charge in [-0.2, -0.15) is 0 Å². The zero-order valence-corrected chi connectivity index (χ0v) is 10.9. The van der Waals surface area contributed by atoms with Crippen LogP contribution < -0.4 is 0 Å². The number of nitrogens with zero attached hydrogens (tertiary/aromatic N) is 3. The van der Waals surface area contributed by atoms with Crippen molar-refractivity contribution < 1.29 is 0 Å². The highest BCUT2D eigenvalue weighted by atomic mass is 32.1. The van der Waals surface area contributed by atoms with E-state index in [1.54, 1.807) is 23.9 Å².